The number of carboxylic acid groups (broad SMARTS) is 1. The molecule has 0 bridgehead atoms. The van der Waals surface area contributed by atoms with Crippen molar-refractivity contribution in [3.8, 4) is 11.5 Å². The van der Waals surface area contributed by atoms with E-state index in [1.807, 2.05) is 0 Å². The molecule has 2 atom stereocenters. The van der Waals surface area contributed by atoms with Gasteiger partial charge in [-0.3, -0.25) is 5.32 Å². The van der Waals surface area contributed by atoms with Crippen molar-refractivity contribution in [2.75, 3.05) is 5.32 Å². The van der Waals surface area contributed by atoms with E-state index in [4.69, 9.17) is 14.6 Å². The molecule has 3 N–H and O–H groups in total. The summed E-state index contributed by atoms with van der Waals surface area (Å²) in [6, 6.07) is 20.5. The van der Waals surface area contributed by atoms with Crippen LogP contribution in [-0.2, 0) is 9.53 Å². The van der Waals surface area contributed by atoms with E-state index in [0.717, 1.165) is 18.2 Å². The molecule has 32 heavy (non-hydrogen) atoms. The van der Waals surface area contributed by atoms with Crippen LogP contribution >= 0.6 is 0 Å². The molecular formula is C24H20FNO6. The van der Waals surface area contributed by atoms with Crippen LogP contribution in [0.3, 0.4) is 0 Å². The van der Waals surface area contributed by atoms with E-state index >= 15 is 0 Å². The maximum atomic E-state index is 14.1. The summed E-state index contributed by atoms with van der Waals surface area (Å²) in [5.41, 5.74) is 0.620. The highest BCUT2D eigenvalue weighted by Gasteiger charge is 2.28. The quantitative estimate of drug-likeness (QED) is 0.433. The van der Waals surface area contributed by atoms with Crippen LogP contribution in [-0.4, -0.2) is 28.4 Å². The van der Waals surface area contributed by atoms with E-state index in [0.29, 0.717) is 11.4 Å². The zero-order chi connectivity index (χ0) is 22.9. The van der Waals surface area contributed by atoms with Crippen LogP contribution < -0.4 is 10.1 Å². The fraction of sp³-hybridized carbons (Fsp3) is 0.0833. The second-order valence-corrected chi connectivity index (χ2v) is 6.62. The van der Waals surface area contributed by atoms with E-state index in [1.54, 1.807) is 60.7 Å². The van der Waals surface area contributed by atoms with Crippen molar-refractivity contribution in [1.29, 1.82) is 0 Å². The molecule has 0 unspecified atom stereocenters. The van der Waals surface area contributed by atoms with E-state index in [1.165, 1.54) is 12.1 Å². The van der Waals surface area contributed by atoms with Crippen LogP contribution in [0.4, 0.5) is 14.9 Å². The Balaban J connectivity index is 1.95. The summed E-state index contributed by atoms with van der Waals surface area (Å²) in [4.78, 5) is 23.7. The zero-order valence-corrected chi connectivity index (χ0v) is 16.7. The van der Waals surface area contributed by atoms with Gasteiger partial charge in [0.2, 0.25) is 0 Å². The highest BCUT2D eigenvalue weighted by molar-refractivity contribution is 5.84. The van der Waals surface area contributed by atoms with Crippen molar-refractivity contribution in [2.45, 2.75) is 12.2 Å². The lowest BCUT2D eigenvalue weighted by atomic mass is 10.0. The third-order valence-corrected chi connectivity index (χ3v) is 4.30. The smallest absolute Gasteiger partial charge is 0.412 e. The molecule has 0 saturated carbocycles. The van der Waals surface area contributed by atoms with Gasteiger partial charge in [0, 0.05) is 11.8 Å². The van der Waals surface area contributed by atoms with Crippen LogP contribution in [0.25, 0.3) is 0 Å². The number of carbonyl (C=O) groups excluding carboxylic acids is 1. The number of anilines is 1. The topological polar surface area (TPSA) is 105 Å². The number of hydrogen-bond acceptors (Lipinski definition) is 5. The first-order valence-corrected chi connectivity index (χ1v) is 9.56. The molecule has 0 radical (unpaired) electrons. The van der Waals surface area contributed by atoms with Crippen LogP contribution in [0.15, 0.2) is 91.0 Å². The van der Waals surface area contributed by atoms with Crippen LogP contribution in [0.5, 0.6) is 11.5 Å². The molecule has 3 aromatic carbocycles. The van der Waals surface area contributed by atoms with Gasteiger partial charge in [0.15, 0.2) is 23.8 Å². The van der Waals surface area contributed by atoms with Crippen molar-refractivity contribution in [2.24, 2.45) is 0 Å². The highest BCUT2D eigenvalue weighted by atomic mass is 19.1. The number of aliphatic carboxylic acids is 1. The summed E-state index contributed by atoms with van der Waals surface area (Å²) in [5, 5.41) is 21.2. The maximum absolute atomic E-state index is 14.1. The predicted molar refractivity (Wildman–Crippen MR) is 115 cm³/mol. The van der Waals surface area contributed by atoms with E-state index < -0.39 is 35.8 Å². The Kier molecular flexibility index (Phi) is 7.42. The fourth-order valence-corrected chi connectivity index (χ4v) is 2.84. The number of para-hydroxylation sites is 2. The number of phenols is 1. The van der Waals surface area contributed by atoms with Crippen molar-refractivity contribution in [3.63, 3.8) is 0 Å². The SMILES string of the molecule is O=C(O)/C=C/[C@H](Oc1ccccc1)[C@@H](OC(=O)Nc1ccccc1)c1ccc(O)c(F)c1. The molecule has 0 heterocycles. The summed E-state index contributed by atoms with van der Waals surface area (Å²) in [6.45, 7) is 0. The monoisotopic (exact) mass is 437 g/mol. The molecule has 3 aromatic rings. The second kappa shape index (κ2) is 10.6. The highest BCUT2D eigenvalue weighted by Crippen LogP contribution is 2.30. The van der Waals surface area contributed by atoms with Gasteiger partial charge >= 0.3 is 12.1 Å². The lowest BCUT2D eigenvalue weighted by Crippen LogP contribution is -2.30. The van der Waals surface area contributed by atoms with Gasteiger partial charge in [0.05, 0.1) is 0 Å². The predicted octanol–water partition coefficient (Wildman–Crippen LogP) is 4.91. The number of phenolic OH excluding ortho intramolecular Hbond substituents is 1. The van der Waals surface area contributed by atoms with E-state index in [-0.39, 0.29) is 5.56 Å². The van der Waals surface area contributed by atoms with Crippen molar-refractivity contribution < 1.29 is 33.7 Å². The van der Waals surface area contributed by atoms with E-state index in [9.17, 15) is 19.1 Å². The molecule has 0 fully saturated rings. The standard InChI is InChI=1S/C24H20FNO6/c25-19-15-16(11-12-20(19)27)23(32-24(30)26-17-7-3-1-4-8-17)21(13-14-22(28)29)31-18-9-5-2-6-10-18/h1-15,21,23,27H,(H,26,30)(H,28,29)/b14-13+/t21-,23-/m0/s1. The van der Waals surface area contributed by atoms with Gasteiger partial charge in [-0.15, -0.1) is 0 Å². The van der Waals surface area contributed by atoms with Crippen LogP contribution in [0.1, 0.15) is 11.7 Å². The van der Waals surface area contributed by atoms with E-state index in [2.05, 4.69) is 5.32 Å². The molecule has 0 aliphatic rings. The molecule has 0 saturated heterocycles. The first-order valence-electron chi connectivity index (χ1n) is 9.56. The molecule has 3 rings (SSSR count). The van der Waals surface area contributed by atoms with Gasteiger partial charge in [0.25, 0.3) is 0 Å². The third kappa shape index (κ3) is 6.33. The van der Waals surface area contributed by atoms with Gasteiger partial charge < -0.3 is 19.7 Å². The number of carbonyl (C=O) groups is 2. The number of rotatable bonds is 8. The summed E-state index contributed by atoms with van der Waals surface area (Å²) >= 11 is 0. The second-order valence-electron chi connectivity index (χ2n) is 6.62. The Morgan fingerprint density at radius 1 is 0.969 bits per heavy atom. The average molecular weight is 437 g/mol. The number of hydrogen-bond donors (Lipinski definition) is 3. The molecule has 8 heteroatoms. The normalized spacial score (nSPS) is 12.7. The maximum Gasteiger partial charge on any atom is 0.412 e. The Morgan fingerprint density at radius 2 is 1.62 bits per heavy atom. The van der Waals surface area contributed by atoms with Gasteiger partial charge in [-0.05, 0) is 48.0 Å². The summed E-state index contributed by atoms with van der Waals surface area (Å²) in [5.74, 6) is -2.37. The largest absolute Gasteiger partial charge is 0.505 e. The summed E-state index contributed by atoms with van der Waals surface area (Å²) in [7, 11) is 0. The number of nitrogens with one attached hydrogen (secondary N) is 1. The zero-order valence-electron chi connectivity index (χ0n) is 16.7. The average Bonchev–Trinajstić information content (AvgIpc) is 2.78. The Labute approximate surface area is 183 Å². The first-order chi connectivity index (χ1) is 15.4. The van der Waals surface area contributed by atoms with Gasteiger partial charge in [-0.1, -0.05) is 42.5 Å². The lowest BCUT2D eigenvalue weighted by molar-refractivity contribution is -0.131. The summed E-state index contributed by atoms with van der Waals surface area (Å²) in [6.07, 6.45) is -1.19. The Bertz CT molecular complexity index is 1090. The number of benzene rings is 3. The first kappa shape index (κ1) is 22.4. The number of ether oxygens (including phenoxy) is 2. The Morgan fingerprint density at radius 3 is 2.25 bits per heavy atom. The summed E-state index contributed by atoms with van der Waals surface area (Å²) < 4.78 is 25.5. The molecule has 0 aliphatic heterocycles. The van der Waals surface area contributed by atoms with Crippen molar-refractivity contribution in [3.05, 3.63) is 102 Å². The van der Waals surface area contributed by atoms with Crippen LogP contribution in [0.2, 0.25) is 0 Å². The molecule has 0 aliphatic carbocycles. The van der Waals surface area contributed by atoms with Crippen molar-refractivity contribution >= 4 is 17.7 Å². The molecule has 1 amide bonds. The minimum Gasteiger partial charge on any atom is -0.505 e. The molecule has 164 valence electrons. The third-order valence-electron chi connectivity index (χ3n) is 4.30. The number of aromatic hydroxyl groups is 1. The van der Waals surface area contributed by atoms with Crippen molar-refractivity contribution in [1.82, 2.24) is 0 Å². The molecular weight excluding hydrogens is 417 g/mol. The van der Waals surface area contributed by atoms with Gasteiger partial charge in [-0.2, -0.15) is 0 Å². The minimum atomic E-state index is -1.25. The molecule has 7 nitrogen and oxygen atoms in total. The molecule has 0 spiro atoms. The number of halogens is 1. The fourth-order valence-electron chi connectivity index (χ4n) is 2.84. The van der Waals surface area contributed by atoms with Gasteiger partial charge in [-0.25, -0.2) is 14.0 Å². The number of carboxylic acids is 1. The minimum absolute atomic E-state index is 0.152. The number of amides is 1. The van der Waals surface area contributed by atoms with Gasteiger partial charge in [0.1, 0.15) is 5.75 Å². The van der Waals surface area contributed by atoms with Crippen LogP contribution in [0, 0.1) is 5.82 Å². The molecule has 0 aromatic heterocycles. The Hall–Kier alpha value is -4.33. The lowest BCUT2D eigenvalue weighted by Gasteiger charge is -2.26.